The molecular formula is C22H26FN3O3. The van der Waals surface area contributed by atoms with Crippen LogP contribution >= 0.6 is 0 Å². The van der Waals surface area contributed by atoms with Crippen LogP contribution in [-0.2, 0) is 4.74 Å². The third kappa shape index (κ3) is 5.32. The minimum atomic E-state index is -0.588. The van der Waals surface area contributed by atoms with E-state index in [1.54, 1.807) is 25.3 Å². The zero-order valence-corrected chi connectivity index (χ0v) is 16.5. The Balaban J connectivity index is 1.80. The number of nitrogens with one attached hydrogen (secondary N) is 2. The molecule has 7 heteroatoms. The highest BCUT2D eigenvalue weighted by Crippen LogP contribution is 2.28. The van der Waals surface area contributed by atoms with Crippen molar-refractivity contribution in [1.82, 2.24) is 5.32 Å². The molecule has 3 rings (SSSR count). The van der Waals surface area contributed by atoms with Crippen molar-refractivity contribution >= 4 is 23.2 Å². The molecule has 1 heterocycles. The van der Waals surface area contributed by atoms with Gasteiger partial charge in [-0.2, -0.15) is 0 Å². The van der Waals surface area contributed by atoms with Crippen molar-refractivity contribution in [2.45, 2.75) is 19.3 Å². The molecule has 0 unspecified atom stereocenters. The number of halogens is 1. The van der Waals surface area contributed by atoms with Crippen LogP contribution in [-0.4, -0.2) is 45.2 Å². The highest BCUT2D eigenvalue weighted by atomic mass is 19.1. The standard InChI is InChI=1S/C22H26FN3O3/c1-29-14-6-11-24-21(27)18-15-16(9-10-20(18)26-12-4-5-13-26)25-22(28)17-7-2-3-8-19(17)23/h2-3,7-10,15H,4-6,11-14H2,1H3,(H,24,27)(H,25,28). The number of carbonyl (C=O) groups excluding carboxylic acids is 2. The second kappa shape index (κ2) is 10.0. The Kier molecular flexibility index (Phi) is 7.19. The van der Waals surface area contributed by atoms with E-state index in [-0.39, 0.29) is 11.5 Å². The van der Waals surface area contributed by atoms with Gasteiger partial charge in [-0.05, 0) is 49.6 Å². The zero-order valence-electron chi connectivity index (χ0n) is 16.5. The number of ether oxygens (including phenoxy) is 1. The fraction of sp³-hybridized carbons (Fsp3) is 0.364. The van der Waals surface area contributed by atoms with Gasteiger partial charge in [0.15, 0.2) is 0 Å². The van der Waals surface area contributed by atoms with Crippen LogP contribution in [0.25, 0.3) is 0 Å². The summed E-state index contributed by atoms with van der Waals surface area (Å²) >= 11 is 0. The summed E-state index contributed by atoms with van der Waals surface area (Å²) in [6, 6.07) is 11.0. The largest absolute Gasteiger partial charge is 0.385 e. The van der Waals surface area contributed by atoms with E-state index in [0.29, 0.717) is 30.8 Å². The molecule has 0 saturated carbocycles. The van der Waals surface area contributed by atoms with Crippen LogP contribution < -0.4 is 15.5 Å². The van der Waals surface area contributed by atoms with Crippen molar-refractivity contribution in [3.8, 4) is 0 Å². The maximum Gasteiger partial charge on any atom is 0.258 e. The number of rotatable bonds is 8. The first-order chi connectivity index (χ1) is 14.1. The molecule has 0 aromatic heterocycles. The van der Waals surface area contributed by atoms with Crippen molar-refractivity contribution in [1.29, 1.82) is 0 Å². The molecule has 1 aliphatic heterocycles. The maximum atomic E-state index is 13.9. The Morgan fingerprint density at radius 2 is 1.83 bits per heavy atom. The van der Waals surface area contributed by atoms with Gasteiger partial charge in [-0.1, -0.05) is 12.1 Å². The second-order valence-electron chi connectivity index (χ2n) is 6.96. The number of nitrogens with zero attached hydrogens (tertiary/aromatic N) is 1. The molecule has 0 atom stereocenters. The number of amides is 2. The number of benzene rings is 2. The topological polar surface area (TPSA) is 70.7 Å². The van der Waals surface area contributed by atoms with Gasteiger partial charge < -0.3 is 20.3 Å². The van der Waals surface area contributed by atoms with Gasteiger partial charge in [0, 0.05) is 44.7 Å². The van der Waals surface area contributed by atoms with Gasteiger partial charge >= 0.3 is 0 Å². The fourth-order valence-electron chi connectivity index (χ4n) is 3.39. The first kappa shape index (κ1) is 20.8. The molecule has 0 aliphatic carbocycles. The first-order valence-electron chi connectivity index (χ1n) is 9.82. The second-order valence-corrected chi connectivity index (χ2v) is 6.96. The lowest BCUT2D eigenvalue weighted by molar-refractivity contribution is 0.0947. The highest BCUT2D eigenvalue weighted by Gasteiger charge is 2.21. The molecule has 2 aromatic rings. The molecule has 0 radical (unpaired) electrons. The minimum Gasteiger partial charge on any atom is -0.385 e. The first-order valence-corrected chi connectivity index (χ1v) is 9.82. The van der Waals surface area contributed by atoms with Crippen LogP contribution in [0.5, 0.6) is 0 Å². The third-order valence-corrected chi connectivity index (χ3v) is 4.88. The van der Waals surface area contributed by atoms with Gasteiger partial charge in [0.2, 0.25) is 0 Å². The Morgan fingerprint density at radius 1 is 1.07 bits per heavy atom. The van der Waals surface area contributed by atoms with E-state index < -0.39 is 11.7 Å². The molecule has 0 bridgehead atoms. The lowest BCUT2D eigenvalue weighted by atomic mass is 10.1. The maximum absolute atomic E-state index is 13.9. The number of hydrogen-bond donors (Lipinski definition) is 2. The molecule has 1 aliphatic rings. The molecule has 1 saturated heterocycles. The number of carbonyl (C=O) groups is 2. The van der Waals surface area contributed by atoms with Crippen molar-refractivity contribution in [2.24, 2.45) is 0 Å². The summed E-state index contributed by atoms with van der Waals surface area (Å²) in [6.07, 6.45) is 2.88. The summed E-state index contributed by atoms with van der Waals surface area (Å²) in [6.45, 7) is 2.85. The van der Waals surface area contributed by atoms with E-state index in [4.69, 9.17) is 4.74 Å². The van der Waals surface area contributed by atoms with Gasteiger partial charge in [-0.3, -0.25) is 9.59 Å². The summed E-state index contributed by atoms with van der Waals surface area (Å²) in [5.74, 6) is -1.34. The fourth-order valence-corrected chi connectivity index (χ4v) is 3.39. The Labute approximate surface area is 170 Å². The van der Waals surface area contributed by atoms with E-state index in [9.17, 15) is 14.0 Å². The van der Waals surface area contributed by atoms with Crippen molar-refractivity contribution in [3.63, 3.8) is 0 Å². The molecule has 154 valence electrons. The van der Waals surface area contributed by atoms with Crippen LogP contribution in [0.15, 0.2) is 42.5 Å². The summed E-state index contributed by atoms with van der Waals surface area (Å²) < 4.78 is 18.9. The Hall–Kier alpha value is -2.93. The van der Waals surface area contributed by atoms with Gasteiger partial charge in [0.05, 0.1) is 11.1 Å². The van der Waals surface area contributed by atoms with Crippen molar-refractivity contribution < 1.29 is 18.7 Å². The number of hydrogen-bond acceptors (Lipinski definition) is 4. The summed E-state index contributed by atoms with van der Waals surface area (Å²) in [7, 11) is 1.62. The van der Waals surface area contributed by atoms with Crippen LogP contribution in [0.2, 0.25) is 0 Å². The van der Waals surface area contributed by atoms with E-state index in [1.807, 2.05) is 6.07 Å². The molecule has 2 amide bonds. The Bertz CT molecular complexity index is 866. The van der Waals surface area contributed by atoms with Crippen LogP contribution in [0.4, 0.5) is 15.8 Å². The monoisotopic (exact) mass is 399 g/mol. The van der Waals surface area contributed by atoms with Gasteiger partial charge in [-0.15, -0.1) is 0 Å². The molecule has 2 aromatic carbocycles. The molecule has 2 N–H and O–H groups in total. The lowest BCUT2D eigenvalue weighted by Crippen LogP contribution is -2.29. The zero-order chi connectivity index (χ0) is 20.6. The molecule has 0 spiro atoms. The predicted molar refractivity (Wildman–Crippen MR) is 111 cm³/mol. The average Bonchev–Trinajstić information content (AvgIpc) is 3.26. The van der Waals surface area contributed by atoms with E-state index in [0.717, 1.165) is 31.6 Å². The van der Waals surface area contributed by atoms with Gasteiger partial charge in [0.1, 0.15) is 5.82 Å². The van der Waals surface area contributed by atoms with E-state index in [1.165, 1.54) is 18.2 Å². The minimum absolute atomic E-state index is 0.0401. The Morgan fingerprint density at radius 3 is 2.55 bits per heavy atom. The lowest BCUT2D eigenvalue weighted by Gasteiger charge is -2.22. The predicted octanol–water partition coefficient (Wildman–Crippen LogP) is 3.44. The van der Waals surface area contributed by atoms with Crippen molar-refractivity contribution in [3.05, 3.63) is 59.4 Å². The number of methoxy groups -OCH3 is 1. The molecule has 1 fully saturated rings. The molecule has 29 heavy (non-hydrogen) atoms. The normalized spacial score (nSPS) is 13.4. The van der Waals surface area contributed by atoms with Gasteiger partial charge in [-0.25, -0.2) is 4.39 Å². The SMILES string of the molecule is COCCCNC(=O)c1cc(NC(=O)c2ccccc2F)ccc1N1CCCC1. The van der Waals surface area contributed by atoms with E-state index >= 15 is 0 Å². The summed E-state index contributed by atoms with van der Waals surface area (Å²) in [5.41, 5.74) is 1.75. The van der Waals surface area contributed by atoms with Gasteiger partial charge in [0.25, 0.3) is 11.8 Å². The summed E-state index contributed by atoms with van der Waals surface area (Å²) in [5, 5.41) is 5.59. The average molecular weight is 399 g/mol. The molecular weight excluding hydrogens is 373 g/mol. The third-order valence-electron chi connectivity index (χ3n) is 4.88. The van der Waals surface area contributed by atoms with Crippen LogP contribution in [0, 0.1) is 5.82 Å². The quantitative estimate of drug-likeness (QED) is 0.667. The van der Waals surface area contributed by atoms with Crippen molar-refractivity contribution in [2.75, 3.05) is 43.6 Å². The van der Waals surface area contributed by atoms with Crippen LogP contribution in [0.1, 0.15) is 40.0 Å². The molecule has 6 nitrogen and oxygen atoms in total. The number of anilines is 2. The van der Waals surface area contributed by atoms with E-state index in [2.05, 4.69) is 15.5 Å². The highest BCUT2D eigenvalue weighted by molar-refractivity contribution is 6.06. The van der Waals surface area contributed by atoms with Crippen LogP contribution in [0.3, 0.4) is 0 Å². The summed E-state index contributed by atoms with van der Waals surface area (Å²) in [4.78, 5) is 27.4. The smallest absolute Gasteiger partial charge is 0.258 e.